The average Bonchev–Trinajstić information content (AvgIpc) is 2.55. The molecule has 0 atom stereocenters. The maximum atomic E-state index is 14.0. The molecule has 0 spiro atoms. The molecule has 0 saturated heterocycles. The van der Waals surface area contributed by atoms with Gasteiger partial charge >= 0.3 is 0 Å². The average molecular weight is 357 g/mol. The van der Waals surface area contributed by atoms with Crippen LogP contribution in [0.2, 0.25) is 0 Å². The molecule has 0 fully saturated rings. The second-order valence-electron chi connectivity index (χ2n) is 6.21. The first-order valence-corrected chi connectivity index (χ1v) is 8.16. The van der Waals surface area contributed by atoms with Crippen molar-refractivity contribution < 1.29 is 13.6 Å². The molecular weight excluding hydrogens is 336 g/mol. The molecule has 0 amide bonds. The standard InChI is InChI=1S/C20H21F2N3O/c1-12(2)7-14(9-23)15-8-13(3)16(11-25-24-10-15)20(26)19-17(21)5-4-6-18(19)22/h4-12,23-25H,1-3H3/b13-8?,14-7+,15-10?,16-11?,23-9?. The molecule has 6 heteroatoms. The monoisotopic (exact) mass is 357 g/mol. The minimum Gasteiger partial charge on any atom is -0.308 e. The van der Waals surface area contributed by atoms with Crippen LogP contribution >= 0.6 is 0 Å². The molecule has 1 aromatic carbocycles. The van der Waals surface area contributed by atoms with Crippen molar-refractivity contribution in [1.29, 1.82) is 5.41 Å². The first-order chi connectivity index (χ1) is 12.3. The molecule has 1 heterocycles. The van der Waals surface area contributed by atoms with Gasteiger partial charge in [0, 0.05) is 29.7 Å². The summed E-state index contributed by atoms with van der Waals surface area (Å²) < 4.78 is 27.9. The van der Waals surface area contributed by atoms with Gasteiger partial charge in [-0.3, -0.25) is 4.79 Å². The number of aromatic amines is 2. The van der Waals surface area contributed by atoms with Crippen LogP contribution in [0.25, 0.3) is 5.57 Å². The molecule has 136 valence electrons. The topological polar surface area (TPSA) is 72.5 Å². The van der Waals surface area contributed by atoms with Gasteiger partial charge in [0.1, 0.15) is 11.6 Å². The van der Waals surface area contributed by atoms with E-state index < -0.39 is 23.0 Å². The number of rotatable bonds is 5. The fourth-order valence-electron chi connectivity index (χ4n) is 2.55. The highest BCUT2D eigenvalue weighted by molar-refractivity contribution is 6.11. The van der Waals surface area contributed by atoms with E-state index in [1.165, 1.54) is 18.5 Å². The summed E-state index contributed by atoms with van der Waals surface area (Å²) >= 11 is 0. The van der Waals surface area contributed by atoms with Crippen LogP contribution in [0.3, 0.4) is 0 Å². The number of H-pyrrole nitrogens is 2. The molecule has 2 aromatic rings. The zero-order chi connectivity index (χ0) is 19.3. The Morgan fingerprint density at radius 2 is 1.77 bits per heavy atom. The van der Waals surface area contributed by atoms with Crippen LogP contribution in [-0.2, 0) is 0 Å². The van der Waals surface area contributed by atoms with E-state index in [4.69, 9.17) is 5.41 Å². The highest BCUT2D eigenvalue weighted by Gasteiger charge is 2.20. The number of ketones is 1. The molecule has 4 nitrogen and oxygen atoms in total. The number of hydrogen-bond donors (Lipinski definition) is 3. The molecule has 0 aliphatic heterocycles. The van der Waals surface area contributed by atoms with Crippen molar-refractivity contribution in [3.8, 4) is 0 Å². The molecular formula is C20H21F2N3O. The number of carbonyl (C=O) groups is 1. The Kier molecular flexibility index (Phi) is 6.22. The summed E-state index contributed by atoms with van der Waals surface area (Å²) in [6.07, 6.45) is 6.15. The number of halogens is 2. The van der Waals surface area contributed by atoms with Crippen LogP contribution in [0, 0.1) is 29.9 Å². The van der Waals surface area contributed by atoms with Gasteiger partial charge in [0.05, 0.1) is 5.56 Å². The number of allylic oxidation sites excluding steroid dienone is 2. The van der Waals surface area contributed by atoms with Gasteiger partial charge in [-0.15, -0.1) is 0 Å². The summed E-state index contributed by atoms with van der Waals surface area (Å²) in [6.45, 7) is 5.66. The van der Waals surface area contributed by atoms with E-state index in [0.717, 1.165) is 12.1 Å². The number of benzene rings is 1. The van der Waals surface area contributed by atoms with E-state index in [0.29, 0.717) is 16.7 Å². The molecule has 0 bridgehead atoms. The van der Waals surface area contributed by atoms with Crippen molar-refractivity contribution in [1.82, 2.24) is 10.2 Å². The Hall–Kier alpha value is -3.02. The Balaban J connectivity index is 2.63. The minimum absolute atomic E-state index is 0.126. The number of aromatic nitrogens is 2. The van der Waals surface area contributed by atoms with Gasteiger partial charge in [0.2, 0.25) is 5.78 Å². The van der Waals surface area contributed by atoms with E-state index in [2.05, 4.69) is 10.2 Å². The lowest BCUT2D eigenvalue weighted by atomic mass is 9.98. The van der Waals surface area contributed by atoms with Crippen molar-refractivity contribution in [2.24, 2.45) is 5.92 Å². The zero-order valence-corrected chi connectivity index (χ0v) is 14.9. The number of hydrogen-bond acceptors (Lipinski definition) is 2. The molecule has 0 aliphatic carbocycles. The van der Waals surface area contributed by atoms with Crippen LogP contribution < -0.4 is 0 Å². The fourth-order valence-corrected chi connectivity index (χ4v) is 2.55. The molecule has 26 heavy (non-hydrogen) atoms. The van der Waals surface area contributed by atoms with E-state index in [1.54, 1.807) is 19.2 Å². The normalized spacial score (nSPS) is 11.4. The van der Waals surface area contributed by atoms with Gasteiger partial charge in [-0.25, -0.2) is 8.78 Å². The summed E-state index contributed by atoms with van der Waals surface area (Å²) in [5.41, 5.74) is 1.39. The van der Waals surface area contributed by atoms with Crippen LogP contribution in [0.5, 0.6) is 0 Å². The zero-order valence-electron chi connectivity index (χ0n) is 14.9. The third kappa shape index (κ3) is 4.33. The van der Waals surface area contributed by atoms with Crippen molar-refractivity contribution in [2.45, 2.75) is 20.8 Å². The van der Waals surface area contributed by atoms with Gasteiger partial charge in [0.25, 0.3) is 0 Å². The largest absolute Gasteiger partial charge is 0.308 e. The van der Waals surface area contributed by atoms with Crippen molar-refractivity contribution in [2.75, 3.05) is 0 Å². The third-order valence-electron chi connectivity index (χ3n) is 3.76. The van der Waals surface area contributed by atoms with Crippen molar-refractivity contribution in [3.63, 3.8) is 0 Å². The lowest BCUT2D eigenvalue weighted by Gasteiger charge is -2.08. The smallest absolute Gasteiger partial charge is 0.200 e. The highest BCUT2D eigenvalue weighted by Crippen LogP contribution is 2.20. The van der Waals surface area contributed by atoms with E-state index in [-0.39, 0.29) is 11.5 Å². The van der Waals surface area contributed by atoms with Crippen molar-refractivity contribution >= 4 is 17.6 Å². The van der Waals surface area contributed by atoms with E-state index >= 15 is 0 Å². The Morgan fingerprint density at radius 3 is 2.35 bits per heavy atom. The molecule has 1 aromatic heterocycles. The summed E-state index contributed by atoms with van der Waals surface area (Å²) in [7, 11) is 0. The first-order valence-electron chi connectivity index (χ1n) is 8.16. The number of aryl methyl sites for hydroxylation is 1. The molecule has 0 unspecified atom stereocenters. The maximum Gasteiger partial charge on any atom is 0.200 e. The summed E-state index contributed by atoms with van der Waals surface area (Å²) in [4.78, 5) is 12.7. The van der Waals surface area contributed by atoms with Crippen LogP contribution in [0.4, 0.5) is 8.78 Å². The molecule has 2 rings (SSSR count). The predicted octanol–water partition coefficient (Wildman–Crippen LogP) is 4.97. The van der Waals surface area contributed by atoms with Crippen molar-refractivity contribution in [3.05, 3.63) is 76.6 Å². The van der Waals surface area contributed by atoms with Gasteiger partial charge in [-0.2, -0.15) is 0 Å². The predicted molar refractivity (Wildman–Crippen MR) is 98.9 cm³/mol. The molecule has 0 saturated carbocycles. The van der Waals surface area contributed by atoms with E-state index in [9.17, 15) is 13.6 Å². The van der Waals surface area contributed by atoms with Gasteiger partial charge in [-0.1, -0.05) is 26.0 Å². The van der Waals surface area contributed by atoms with E-state index in [1.807, 2.05) is 19.9 Å². The first kappa shape index (κ1) is 19.3. The molecule has 0 aliphatic rings. The van der Waals surface area contributed by atoms with Gasteiger partial charge in [-0.05, 0) is 42.2 Å². The lowest BCUT2D eigenvalue weighted by Crippen LogP contribution is -2.09. The Labute approximate surface area is 150 Å². The van der Waals surface area contributed by atoms with Gasteiger partial charge in [0.15, 0.2) is 0 Å². The quantitative estimate of drug-likeness (QED) is 0.513. The second-order valence-corrected chi connectivity index (χ2v) is 6.21. The maximum absolute atomic E-state index is 14.0. The lowest BCUT2D eigenvalue weighted by molar-refractivity contribution is 0.103. The third-order valence-corrected chi connectivity index (χ3v) is 3.76. The SMILES string of the molecule is Cc1cc(/C(C=N)=C/C(C)C)c[nH][nH]cc1C(=O)c1c(F)cccc1F. The Morgan fingerprint density at radius 1 is 1.15 bits per heavy atom. The summed E-state index contributed by atoms with van der Waals surface area (Å²) in [6, 6.07) is 5.02. The van der Waals surface area contributed by atoms with Crippen LogP contribution in [0.15, 0.2) is 42.7 Å². The van der Waals surface area contributed by atoms with Gasteiger partial charge < -0.3 is 15.6 Å². The Bertz CT molecular complexity index is 885. The fraction of sp³-hybridized carbons (Fsp3) is 0.200. The summed E-state index contributed by atoms with van der Waals surface area (Å²) in [5, 5.41) is 13.1. The van der Waals surface area contributed by atoms with Crippen LogP contribution in [-0.4, -0.2) is 22.2 Å². The summed E-state index contributed by atoms with van der Waals surface area (Å²) in [5.74, 6) is -2.35. The second kappa shape index (κ2) is 8.38. The minimum atomic E-state index is -0.908. The number of carbonyl (C=O) groups excluding carboxylic acids is 1. The highest BCUT2D eigenvalue weighted by atomic mass is 19.1. The number of nitrogens with one attached hydrogen (secondary N) is 3. The molecule has 3 N–H and O–H groups in total. The van der Waals surface area contributed by atoms with Crippen LogP contribution in [0.1, 0.15) is 40.9 Å². The molecule has 0 radical (unpaired) electrons.